The zero-order valence-corrected chi connectivity index (χ0v) is 12.3. The van der Waals surface area contributed by atoms with E-state index in [0.29, 0.717) is 19.6 Å². The first kappa shape index (κ1) is 14.5. The highest BCUT2D eigenvalue weighted by Crippen LogP contribution is 2.17. The highest BCUT2D eigenvalue weighted by Gasteiger charge is 2.26. The first-order valence-electron chi connectivity index (χ1n) is 6.80. The van der Waals surface area contributed by atoms with Crippen LogP contribution in [-0.4, -0.2) is 63.6 Å². The second kappa shape index (κ2) is 5.63. The van der Waals surface area contributed by atoms with Crippen LogP contribution in [0.25, 0.3) is 0 Å². The lowest BCUT2D eigenvalue weighted by molar-refractivity contribution is 0.0640. The first-order chi connectivity index (χ1) is 9.41. The number of aromatic nitrogens is 3. The van der Waals surface area contributed by atoms with Gasteiger partial charge >= 0.3 is 0 Å². The zero-order chi connectivity index (χ0) is 14.8. The predicted octanol–water partition coefficient (Wildman–Crippen LogP) is 0.493. The minimum atomic E-state index is -0.142. The molecular formula is C14H21N5O. The molecule has 1 N–H and O–H groups in total. The molecule has 6 heteroatoms. The highest BCUT2D eigenvalue weighted by atomic mass is 16.2. The number of nitrogens with one attached hydrogen (secondary N) is 1. The summed E-state index contributed by atoms with van der Waals surface area (Å²) < 4.78 is 0. The number of amides is 1. The third-order valence-electron chi connectivity index (χ3n) is 3.36. The Morgan fingerprint density at radius 1 is 1.35 bits per heavy atom. The van der Waals surface area contributed by atoms with Gasteiger partial charge in [-0.1, -0.05) is 26.7 Å². The van der Waals surface area contributed by atoms with Crippen LogP contribution in [0, 0.1) is 12.3 Å². The van der Waals surface area contributed by atoms with Crippen molar-refractivity contribution in [3.8, 4) is 12.3 Å². The summed E-state index contributed by atoms with van der Waals surface area (Å²) in [6.45, 7) is 9.65. The predicted molar refractivity (Wildman–Crippen MR) is 76.3 cm³/mol. The summed E-state index contributed by atoms with van der Waals surface area (Å²) in [5.41, 5.74) is -0.142. The topological polar surface area (TPSA) is 65.1 Å². The molecule has 20 heavy (non-hydrogen) atoms. The molecule has 1 aromatic rings. The van der Waals surface area contributed by atoms with Crippen LogP contribution in [-0.2, 0) is 5.41 Å². The van der Waals surface area contributed by atoms with Crippen LogP contribution in [0.2, 0.25) is 0 Å². The van der Waals surface area contributed by atoms with Gasteiger partial charge in [0.25, 0.3) is 5.91 Å². The van der Waals surface area contributed by atoms with Gasteiger partial charge in [0.1, 0.15) is 5.82 Å². The summed E-state index contributed by atoms with van der Waals surface area (Å²) in [7, 11) is 0. The molecule has 0 atom stereocenters. The van der Waals surface area contributed by atoms with Crippen LogP contribution in [0.4, 0.5) is 0 Å². The number of carbonyl (C=O) groups is 1. The van der Waals surface area contributed by atoms with Gasteiger partial charge in [0.2, 0.25) is 5.82 Å². The van der Waals surface area contributed by atoms with E-state index < -0.39 is 0 Å². The van der Waals surface area contributed by atoms with E-state index in [1.807, 2.05) is 20.8 Å². The largest absolute Gasteiger partial charge is 0.333 e. The Balaban J connectivity index is 1.99. The van der Waals surface area contributed by atoms with Gasteiger partial charge in [-0.15, -0.1) is 11.5 Å². The highest BCUT2D eigenvalue weighted by molar-refractivity contribution is 5.90. The summed E-state index contributed by atoms with van der Waals surface area (Å²) in [6.07, 6.45) is 5.29. The molecule has 108 valence electrons. The molecule has 1 aliphatic heterocycles. The van der Waals surface area contributed by atoms with Crippen molar-refractivity contribution in [1.29, 1.82) is 0 Å². The van der Waals surface area contributed by atoms with Gasteiger partial charge in [-0.3, -0.25) is 14.8 Å². The third-order valence-corrected chi connectivity index (χ3v) is 3.36. The Kier molecular flexibility index (Phi) is 4.09. The summed E-state index contributed by atoms with van der Waals surface area (Å²) in [4.78, 5) is 20.6. The number of terminal acetylenes is 1. The Morgan fingerprint density at radius 2 is 2.00 bits per heavy atom. The van der Waals surface area contributed by atoms with Crippen LogP contribution in [0.1, 0.15) is 37.2 Å². The fourth-order valence-electron chi connectivity index (χ4n) is 2.07. The van der Waals surface area contributed by atoms with Crippen molar-refractivity contribution >= 4 is 5.91 Å². The van der Waals surface area contributed by atoms with Crippen LogP contribution in [0.15, 0.2) is 0 Å². The average Bonchev–Trinajstić information content (AvgIpc) is 2.89. The lowest BCUT2D eigenvalue weighted by Gasteiger charge is -2.32. The van der Waals surface area contributed by atoms with Crippen LogP contribution >= 0.6 is 0 Å². The molecule has 2 rings (SSSR count). The fourth-order valence-corrected chi connectivity index (χ4v) is 2.07. The first-order valence-corrected chi connectivity index (χ1v) is 6.80. The molecule has 1 amide bonds. The van der Waals surface area contributed by atoms with Crippen molar-refractivity contribution in [1.82, 2.24) is 25.0 Å². The number of hydrogen-bond donors (Lipinski definition) is 1. The number of carbonyl (C=O) groups excluding carboxylic acids is 1. The SMILES string of the molecule is C#CCN1CCN(C(=O)c2n[nH]c(C(C)(C)C)n2)CC1. The summed E-state index contributed by atoms with van der Waals surface area (Å²) in [6, 6.07) is 0. The van der Waals surface area contributed by atoms with Crippen molar-refractivity contribution in [3.05, 3.63) is 11.6 Å². The molecule has 1 aliphatic rings. The molecule has 1 aromatic heterocycles. The summed E-state index contributed by atoms with van der Waals surface area (Å²) in [5.74, 6) is 3.49. The van der Waals surface area contributed by atoms with Crippen LogP contribution in [0.3, 0.4) is 0 Å². The Labute approximate surface area is 119 Å². The average molecular weight is 275 g/mol. The summed E-state index contributed by atoms with van der Waals surface area (Å²) in [5, 5.41) is 6.89. The molecule has 6 nitrogen and oxygen atoms in total. The van der Waals surface area contributed by atoms with Gasteiger partial charge in [-0.25, -0.2) is 4.98 Å². The Morgan fingerprint density at radius 3 is 2.50 bits per heavy atom. The van der Waals surface area contributed by atoms with Crippen molar-refractivity contribution in [2.45, 2.75) is 26.2 Å². The van der Waals surface area contributed by atoms with E-state index in [0.717, 1.165) is 18.9 Å². The smallest absolute Gasteiger partial charge is 0.293 e. The number of H-pyrrole nitrogens is 1. The lowest BCUT2D eigenvalue weighted by atomic mass is 9.96. The van der Waals surface area contributed by atoms with Gasteiger partial charge in [0, 0.05) is 31.6 Å². The molecule has 0 unspecified atom stereocenters. The standard InChI is InChI=1S/C14H21N5O/c1-5-6-18-7-9-19(10-8-18)12(20)11-15-13(17-16-11)14(2,3)4/h1H,6-10H2,2-4H3,(H,15,16,17). The van der Waals surface area contributed by atoms with E-state index in [2.05, 4.69) is 26.0 Å². The zero-order valence-electron chi connectivity index (χ0n) is 12.3. The van der Waals surface area contributed by atoms with E-state index in [1.54, 1.807) is 4.90 Å². The van der Waals surface area contributed by atoms with E-state index >= 15 is 0 Å². The summed E-state index contributed by atoms with van der Waals surface area (Å²) >= 11 is 0. The molecule has 0 spiro atoms. The van der Waals surface area contributed by atoms with Crippen LogP contribution < -0.4 is 0 Å². The molecule has 1 saturated heterocycles. The van der Waals surface area contributed by atoms with Gasteiger partial charge < -0.3 is 4.90 Å². The fraction of sp³-hybridized carbons (Fsp3) is 0.643. The molecule has 0 saturated carbocycles. The van der Waals surface area contributed by atoms with E-state index in [9.17, 15) is 4.79 Å². The van der Waals surface area contributed by atoms with E-state index in [-0.39, 0.29) is 17.1 Å². The normalized spacial score (nSPS) is 17.0. The second-order valence-electron chi connectivity index (χ2n) is 6.03. The number of aromatic amines is 1. The molecule has 0 aromatic carbocycles. The molecule has 1 fully saturated rings. The number of nitrogens with zero attached hydrogens (tertiary/aromatic N) is 4. The molecule has 2 heterocycles. The van der Waals surface area contributed by atoms with Crippen LogP contribution in [0.5, 0.6) is 0 Å². The van der Waals surface area contributed by atoms with Crippen molar-refractivity contribution in [2.75, 3.05) is 32.7 Å². The Bertz CT molecular complexity index is 514. The molecule has 0 radical (unpaired) electrons. The quantitative estimate of drug-likeness (QED) is 0.798. The minimum Gasteiger partial charge on any atom is -0.333 e. The Hall–Kier alpha value is -1.87. The van der Waals surface area contributed by atoms with Gasteiger partial charge in [-0.2, -0.15) is 0 Å². The minimum absolute atomic E-state index is 0.114. The number of hydrogen-bond acceptors (Lipinski definition) is 4. The number of piperazine rings is 1. The van der Waals surface area contributed by atoms with Gasteiger partial charge in [0.15, 0.2) is 0 Å². The van der Waals surface area contributed by atoms with Gasteiger partial charge in [-0.05, 0) is 0 Å². The van der Waals surface area contributed by atoms with Crippen molar-refractivity contribution < 1.29 is 4.79 Å². The lowest BCUT2D eigenvalue weighted by Crippen LogP contribution is -2.48. The maximum Gasteiger partial charge on any atom is 0.293 e. The van der Waals surface area contributed by atoms with E-state index in [4.69, 9.17) is 6.42 Å². The maximum atomic E-state index is 12.3. The molecule has 0 bridgehead atoms. The molecule has 0 aliphatic carbocycles. The number of rotatable bonds is 2. The van der Waals surface area contributed by atoms with E-state index in [1.165, 1.54) is 0 Å². The van der Waals surface area contributed by atoms with Crippen molar-refractivity contribution in [2.24, 2.45) is 0 Å². The van der Waals surface area contributed by atoms with Crippen molar-refractivity contribution in [3.63, 3.8) is 0 Å². The maximum absolute atomic E-state index is 12.3. The second-order valence-corrected chi connectivity index (χ2v) is 6.03. The monoisotopic (exact) mass is 275 g/mol. The third kappa shape index (κ3) is 3.17. The van der Waals surface area contributed by atoms with Gasteiger partial charge in [0.05, 0.1) is 6.54 Å². The molecular weight excluding hydrogens is 254 g/mol.